The molecular formula is C10H14ClN3OS. The van der Waals surface area contributed by atoms with E-state index in [-0.39, 0.29) is 5.91 Å². The number of aromatic nitrogens is 1. The number of anilines is 1. The number of carbonyl (C=O) groups excluding carboxylic acids is 1. The van der Waals surface area contributed by atoms with Crippen LogP contribution in [-0.4, -0.2) is 42.5 Å². The summed E-state index contributed by atoms with van der Waals surface area (Å²) in [5.74, 6) is 0.173. The van der Waals surface area contributed by atoms with Gasteiger partial charge in [0, 0.05) is 25.5 Å². The predicted molar refractivity (Wildman–Crippen MR) is 66.2 cm³/mol. The Labute approximate surface area is 104 Å². The van der Waals surface area contributed by atoms with Crippen LogP contribution in [0.3, 0.4) is 0 Å². The Kier molecular flexibility index (Phi) is 3.66. The molecule has 1 saturated heterocycles. The Bertz CT molecular complexity index is 376. The molecule has 0 bridgehead atoms. The summed E-state index contributed by atoms with van der Waals surface area (Å²) < 4.78 is 0. The molecule has 1 aromatic rings. The van der Waals surface area contributed by atoms with Gasteiger partial charge in [0.25, 0.3) is 0 Å². The van der Waals surface area contributed by atoms with E-state index < -0.39 is 0 Å². The molecule has 88 valence electrons. The van der Waals surface area contributed by atoms with E-state index in [2.05, 4.69) is 4.98 Å². The Morgan fingerprint density at radius 1 is 1.62 bits per heavy atom. The Hall–Kier alpha value is -0.810. The quantitative estimate of drug-likeness (QED) is 0.831. The molecule has 0 saturated carbocycles. The minimum Gasteiger partial charge on any atom is -0.342 e. The highest BCUT2D eigenvalue weighted by Gasteiger charge is 2.19. The predicted octanol–water partition coefficient (Wildman–Crippen LogP) is 1.86. The number of rotatable bonds is 3. The summed E-state index contributed by atoms with van der Waals surface area (Å²) in [7, 11) is 1.86. The van der Waals surface area contributed by atoms with Crippen LogP contribution in [0.1, 0.15) is 12.8 Å². The summed E-state index contributed by atoms with van der Waals surface area (Å²) in [6.07, 6.45) is 2.25. The van der Waals surface area contributed by atoms with Gasteiger partial charge in [0.1, 0.15) is 5.15 Å². The fourth-order valence-electron chi connectivity index (χ4n) is 1.76. The van der Waals surface area contributed by atoms with Crippen molar-refractivity contribution in [1.82, 2.24) is 9.88 Å². The average Bonchev–Trinajstić information content (AvgIpc) is 2.87. The van der Waals surface area contributed by atoms with Crippen molar-refractivity contribution in [3.05, 3.63) is 10.5 Å². The molecule has 1 aliphatic heterocycles. The molecule has 0 aliphatic carbocycles. The van der Waals surface area contributed by atoms with E-state index in [4.69, 9.17) is 11.6 Å². The highest BCUT2D eigenvalue weighted by Crippen LogP contribution is 2.22. The zero-order chi connectivity index (χ0) is 11.5. The summed E-state index contributed by atoms with van der Waals surface area (Å²) >= 11 is 7.20. The molecule has 1 aliphatic rings. The summed E-state index contributed by atoms with van der Waals surface area (Å²) in [6.45, 7) is 2.17. The summed E-state index contributed by atoms with van der Waals surface area (Å²) in [5, 5.41) is 3.05. The van der Waals surface area contributed by atoms with E-state index in [1.165, 1.54) is 11.3 Å². The third-order valence-electron chi connectivity index (χ3n) is 2.62. The van der Waals surface area contributed by atoms with Crippen molar-refractivity contribution < 1.29 is 4.79 Å². The number of nitrogens with zero attached hydrogens (tertiary/aromatic N) is 3. The maximum atomic E-state index is 11.9. The fraction of sp³-hybridized carbons (Fsp3) is 0.600. The number of hydrogen-bond acceptors (Lipinski definition) is 4. The zero-order valence-electron chi connectivity index (χ0n) is 9.15. The van der Waals surface area contributed by atoms with Crippen molar-refractivity contribution in [1.29, 1.82) is 0 Å². The van der Waals surface area contributed by atoms with Crippen LogP contribution in [-0.2, 0) is 4.79 Å². The first-order valence-corrected chi connectivity index (χ1v) is 6.52. The first-order chi connectivity index (χ1) is 7.66. The normalized spacial score (nSPS) is 15.5. The molecule has 0 aromatic carbocycles. The highest BCUT2D eigenvalue weighted by molar-refractivity contribution is 7.14. The minimum atomic E-state index is 0.173. The van der Waals surface area contributed by atoms with Gasteiger partial charge in [-0.2, -0.15) is 0 Å². The zero-order valence-corrected chi connectivity index (χ0v) is 10.7. The molecule has 2 rings (SSSR count). The van der Waals surface area contributed by atoms with Crippen molar-refractivity contribution in [2.75, 3.05) is 31.6 Å². The van der Waals surface area contributed by atoms with E-state index in [1.807, 2.05) is 16.8 Å². The molecule has 0 spiro atoms. The van der Waals surface area contributed by atoms with Crippen molar-refractivity contribution >= 4 is 34.0 Å². The summed E-state index contributed by atoms with van der Waals surface area (Å²) in [5.41, 5.74) is 0. The van der Waals surface area contributed by atoms with Gasteiger partial charge >= 0.3 is 0 Å². The van der Waals surface area contributed by atoms with Crippen LogP contribution in [0.2, 0.25) is 5.15 Å². The third kappa shape index (κ3) is 2.65. The summed E-state index contributed by atoms with van der Waals surface area (Å²) in [6, 6.07) is 0. The van der Waals surface area contributed by atoms with Gasteiger partial charge in [-0.15, -0.1) is 11.3 Å². The molecule has 1 fully saturated rings. The molecule has 1 amide bonds. The van der Waals surface area contributed by atoms with E-state index in [0.717, 1.165) is 31.1 Å². The van der Waals surface area contributed by atoms with Crippen LogP contribution in [0, 0.1) is 0 Å². The monoisotopic (exact) mass is 259 g/mol. The van der Waals surface area contributed by atoms with Crippen LogP contribution < -0.4 is 4.90 Å². The van der Waals surface area contributed by atoms with Gasteiger partial charge in [0.05, 0.1) is 6.54 Å². The van der Waals surface area contributed by atoms with Gasteiger partial charge in [-0.25, -0.2) is 4.98 Å². The Balaban J connectivity index is 1.91. The molecule has 0 N–H and O–H groups in total. The first kappa shape index (κ1) is 11.7. The molecule has 16 heavy (non-hydrogen) atoms. The van der Waals surface area contributed by atoms with Crippen LogP contribution in [0.5, 0.6) is 0 Å². The van der Waals surface area contributed by atoms with Crippen molar-refractivity contribution in [2.24, 2.45) is 0 Å². The van der Waals surface area contributed by atoms with E-state index >= 15 is 0 Å². The highest BCUT2D eigenvalue weighted by atomic mass is 35.5. The number of likely N-dealkylation sites (N-methyl/N-ethyl adjacent to an activating group) is 1. The van der Waals surface area contributed by atoms with E-state index in [9.17, 15) is 4.79 Å². The van der Waals surface area contributed by atoms with Crippen LogP contribution in [0.15, 0.2) is 5.38 Å². The van der Waals surface area contributed by atoms with Gasteiger partial charge in [0.2, 0.25) is 5.91 Å². The molecule has 4 nitrogen and oxygen atoms in total. The number of hydrogen-bond donors (Lipinski definition) is 0. The Morgan fingerprint density at radius 2 is 2.31 bits per heavy atom. The standard InChI is InChI=1S/C10H14ClN3OS/c1-13(10-12-8(11)7-16-10)6-9(15)14-4-2-3-5-14/h7H,2-6H2,1H3. The van der Waals surface area contributed by atoms with Crippen LogP contribution >= 0.6 is 22.9 Å². The fourth-order valence-corrected chi connectivity index (χ4v) is 2.67. The summed E-state index contributed by atoms with van der Waals surface area (Å²) in [4.78, 5) is 19.7. The number of carbonyl (C=O) groups is 1. The maximum Gasteiger partial charge on any atom is 0.242 e. The molecular weight excluding hydrogens is 246 g/mol. The number of likely N-dealkylation sites (tertiary alicyclic amines) is 1. The molecule has 6 heteroatoms. The smallest absolute Gasteiger partial charge is 0.242 e. The second kappa shape index (κ2) is 5.01. The second-order valence-corrected chi connectivity index (χ2v) is 5.12. The lowest BCUT2D eigenvalue weighted by Crippen LogP contribution is -2.37. The molecule has 2 heterocycles. The topological polar surface area (TPSA) is 36.4 Å². The van der Waals surface area contributed by atoms with Gasteiger partial charge in [-0.05, 0) is 12.8 Å². The maximum absolute atomic E-state index is 11.9. The molecule has 1 aromatic heterocycles. The molecule has 0 radical (unpaired) electrons. The number of halogens is 1. The van der Waals surface area contributed by atoms with E-state index in [1.54, 1.807) is 5.38 Å². The second-order valence-electron chi connectivity index (χ2n) is 3.90. The van der Waals surface area contributed by atoms with Crippen LogP contribution in [0.25, 0.3) is 0 Å². The minimum absolute atomic E-state index is 0.173. The lowest BCUT2D eigenvalue weighted by molar-refractivity contribution is -0.128. The largest absolute Gasteiger partial charge is 0.342 e. The van der Waals surface area contributed by atoms with Crippen molar-refractivity contribution in [3.8, 4) is 0 Å². The van der Waals surface area contributed by atoms with E-state index in [0.29, 0.717) is 11.7 Å². The van der Waals surface area contributed by atoms with Gasteiger partial charge in [-0.1, -0.05) is 11.6 Å². The Morgan fingerprint density at radius 3 is 2.88 bits per heavy atom. The van der Waals surface area contributed by atoms with Gasteiger partial charge in [-0.3, -0.25) is 4.79 Å². The number of amides is 1. The van der Waals surface area contributed by atoms with Crippen LogP contribution in [0.4, 0.5) is 5.13 Å². The SMILES string of the molecule is CN(CC(=O)N1CCCC1)c1nc(Cl)cs1. The third-order valence-corrected chi connectivity index (χ3v) is 3.90. The molecule has 0 unspecified atom stereocenters. The molecule has 0 atom stereocenters. The van der Waals surface area contributed by atoms with Crippen molar-refractivity contribution in [3.63, 3.8) is 0 Å². The lowest BCUT2D eigenvalue weighted by Gasteiger charge is -2.20. The van der Waals surface area contributed by atoms with Crippen molar-refractivity contribution in [2.45, 2.75) is 12.8 Å². The average molecular weight is 260 g/mol. The van der Waals surface area contributed by atoms with Gasteiger partial charge < -0.3 is 9.80 Å². The van der Waals surface area contributed by atoms with Gasteiger partial charge in [0.15, 0.2) is 5.13 Å². The lowest BCUT2D eigenvalue weighted by atomic mass is 10.4. The first-order valence-electron chi connectivity index (χ1n) is 5.27. The number of thiazole rings is 1.